The summed E-state index contributed by atoms with van der Waals surface area (Å²) in [6, 6.07) is 5.18. The van der Waals surface area contributed by atoms with Crippen molar-refractivity contribution in [1.82, 2.24) is 5.32 Å². The molecule has 6 nitrogen and oxygen atoms in total. The molecule has 114 valence electrons. The van der Waals surface area contributed by atoms with Crippen LogP contribution in [0.2, 0.25) is 0 Å². The number of nitrogens with one attached hydrogen (secondary N) is 1. The maximum Gasteiger partial charge on any atom is 0.308 e. The number of hydrogen-bond donors (Lipinski definition) is 1. The molecule has 8 heteroatoms. The summed E-state index contributed by atoms with van der Waals surface area (Å²) in [5.41, 5.74) is 0.774. The van der Waals surface area contributed by atoms with Crippen molar-refractivity contribution in [1.29, 1.82) is 0 Å². The Bertz CT molecular complexity index is 728. The van der Waals surface area contributed by atoms with E-state index in [0.717, 1.165) is 20.9 Å². The van der Waals surface area contributed by atoms with Gasteiger partial charge in [-0.05, 0) is 58.1 Å². The molecular formula is C14H11IN2O4S. The summed E-state index contributed by atoms with van der Waals surface area (Å²) in [4.78, 5) is 37.9. The zero-order valence-electron chi connectivity index (χ0n) is 11.7. The molecule has 0 aromatic heterocycles. The lowest BCUT2D eigenvalue weighted by Gasteiger charge is -2.05. The van der Waals surface area contributed by atoms with E-state index < -0.39 is 5.91 Å². The molecule has 1 aliphatic heterocycles. The third kappa shape index (κ3) is 4.41. The number of aliphatic imine (C=N–C) groups is 1. The summed E-state index contributed by atoms with van der Waals surface area (Å²) in [5.74, 6) is -0.594. The van der Waals surface area contributed by atoms with Crippen molar-refractivity contribution >= 4 is 63.4 Å². The van der Waals surface area contributed by atoms with E-state index in [4.69, 9.17) is 4.74 Å². The molecule has 0 unspecified atom stereocenters. The molecule has 0 atom stereocenters. The monoisotopic (exact) mass is 430 g/mol. The average Bonchev–Trinajstić information content (AvgIpc) is 2.71. The molecule has 2 rings (SSSR count). The van der Waals surface area contributed by atoms with Crippen LogP contribution in [0.1, 0.15) is 19.4 Å². The number of thioether (sulfide) groups is 1. The van der Waals surface area contributed by atoms with Gasteiger partial charge in [0.1, 0.15) is 5.75 Å². The third-order valence-electron chi connectivity index (χ3n) is 2.41. The van der Waals surface area contributed by atoms with Crippen molar-refractivity contribution in [2.45, 2.75) is 13.8 Å². The van der Waals surface area contributed by atoms with E-state index in [2.05, 4.69) is 10.3 Å². The van der Waals surface area contributed by atoms with Gasteiger partial charge in [-0.15, -0.1) is 0 Å². The zero-order chi connectivity index (χ0) is 16.3. The van der Waals surface area contributed by atoms with Gasteiger partial charge < -0.3 is 10.1 Å². The number of amidine groups is 1. The predicted octanol–water partition coefficient (Wildman–Crippen LogP) is 2.32. The lowest BCUT2D eigenvalue weighted by atomic mass is 10.2. The number of carbonyl (C=O) groups is 3. The van der Waals surface area contributed by atoms with Crippen LogP contribution < -0.4 is 10.1 Å². The van der Waals surface area contributed by atoms with Crippen molar-refractivity contribution in [2.75, 3.05) is 0 Å². The Hall–Kier alpha value is -1.68. The average molecular weight is 430 g/mol. The molecule has 0 bridgehead atoms. The lowest BCUT2D eigenvalue weighted by molar-refractivity contribution is -0.132. The smallest absolute Gasteiger partial charge is 0.308 e. The van der Waals surface area contributed by atoms with Crippen molar-refractivity contribution in [3.63, 3.8) is 0 Å². The number of benzene rings is 1. The highest BCUT2D eigenvalue weighted by atomic mass is 127. The third-order valence-corrected chi connectivity index (χ3v) is 4.15. The largest absolute Gasteiger partial charge is 0.426 e. The Kier molecular flexibility index (Phi) is 5.35. The molecule has 0 spiro atoms. The van der Waals surface area contributed by atoms with Gasteiger partial charge in [-0.25, -0.2) is 0 Å². The van der Waals surface area contributed by atoms with Gasteiger partial charge in [0.05, 0.1) is 8.48 Å². The molecule has 1 heterocycles. The highest BCUT2D eigenvalue weighted by Crippen LogP contribution is 2.29. The lowest BCUT2D eigenvalue weighted by Crippen LogP contribution is -2.23. The number of esters is 1. The van der Waals surface area contributed by atoms with E-state index in [-0.39, 0.29) is 17.0 Å². The molecule has 0 saturated carbocycles. The van der Waals surface area contributed by atoms with Gasteiger partial charge in [0.25, 0.3) is 5.91 Å². The summed E-state index contributed by atoms with van der Waals surface area (Å²) >= 11 is 3.15. The van der Waals surface area contributed by atoms with Gasteiger partial charge in [-0.1, -0.05) is 6.07 Å². The maximum absolute atomic E-state index is 11.8. The number of amides is 2. The Balaban J connectivity index is 2.17. The standard InChI is InChI=1S/C14H11IN2O4S/c1-7(18)16-14-17-13(20)12(22-14)6-9-3-4-11(10(15)5-9)21-8(2)19/h3-6H,1-2H3,(H,16,17,18,20). The van der Waals surface area contributed by atoms with E-state index in [1.54, 1.807) is 24.3 Å². The molecule has 0 aliphatic carbocycles. The Morgan fingerprint density at radius 3 is 2.68 bits per heavy atom. The van der Waals surface area contributed by atoms with E-state index in [9.17, 15) is 14.4 Å². The highest BCUT2D eigenvalue weighted by molar-refractivity contribution is 14.1. The van der Waals surface area contributed by atoms with E-state index in [0.29, 0.717) is 10.7 Å². The summed E-state index contributed by atoms with van der Waals surface area (Å²) < 4.78 is 5.79. The molecule has 0 radical (unpaired) electrons. The normalized spacial score (nSPS) is 15.7. The molecule has 1 aliphatic rings. The van der Waals surface area contributed by atoms with Crippen molar-refractivity contribution in [3.05, 3.63) is 32.2 Å². The molecule has 2 amide bonds. The molecule has 1 N–H and O–H groups in total. The molecule has 0 saturated heterocycles. The first-order valence-corrected chi connectivity index (χ1v) is 8.03. The fourth-order valence-corrected chi connectivity index (χ4v) is 3.12. The second kappa shape index (κ2) is 7.05. The summed E-state index contributed by atoms with van der Waals surface area (Å²) in [6.45, 7) is 2.69. The number of carbonyl (C=O) groups excluding carboxylic acids is 3. The van der Waals surface area contributed by atoms with E-state index in [1.807, 2.05) is 22.6 Å². The Labute approximate surface area is 144 Å². The SMILES string of the molecule is CC(=O)NC1=NC(=O)C(=Cc2ccc(OC(C)=O)c(I)c2)S1. The Morgan fingerprint density at radius 2 is 2.09 bits per heavy atom. The van der Waals surface area contributed by atoms with Crippen molar-refractivity contribution in [3.8, 4) is 5.75 Å². The molecule has 1 aromatic carbocycles. The first-order chi connectivity index (χ1) is 10.3. The number of halogens is 1. The number of rotatable bonds is 2. The summed E-state index contributed by atoms with van der Waals surface area (Å²) in [6.07, 6.45) is 1.67. The van der Waals surface area contributed by atoms with Crippen LogP contribution in [-0.4, -0.2) is 23.0 Å². The molecular weight excluding hydrogens is 419 g/mol. The first-order valence-electron chi connectivity index (χ1n) is 6.13. The number of ether oxygens (including phenoxy) is 1. The van der Waals surface area contributed by atoms with Gasteiger partial charge in [-0.3, -0.25) is 14.4 Å². The number of nitrogens with zero attached hydrogens (tertiary/aromatic N) is 1. The van der Waals surface area contributed by atoms with Crippen LogP contribution in [0, 0.1) is 3.57 Å². The fraction of sp³-hybridized carbons (Fsp3) is 0.143. The van der Waals surface area contributed by atoms with Crippen LogP contribution in [0.15, 0.2) is 28.1 Å². The first kappa shape index (κ1) is 16.7. The maximum atomic E-state index is 11.8. The minimum atomic E-state index is -0.396. The highest BCUT2D eigenvalue weighted by Gasteiger charge is 2.22. The van der Waals surface area contributed by atoms with Gasteiger partial charge in [0.2, 0.25) is 5.91 Å². The predicted molar refractivity (Wildman–Crippen MR) is 92.3 cm³/mol. The van der Waals surface area contributed by atoms with Gasteiger partial charge in [-0.2, -0.15) is 4.99 Å². The van der Waals surface area contributed by atoms with Crippen molar-refractivity contribution < 1.29 is 19.1 Å². The van der Waals surface area contributed by atoms with Crippen LogP contribution in [0.3, 0.4) is 0 Å². The molecule has 1 aromatic rings. The van der Waals surface area contributed by atoms with E-state index in [1.165, 1.54) is 13.8 Å². The second-order valence-electron chi connectivity index (χ2n) is 4.30. The minimum Gasteiger partial charge on any atom is -0.426 e. The van der Waals surface area contributed by atoms with Gasteiger partial charge >= 0.3 is 5.97 Å². The van der Waals surface area contributed by atoms with Gasteiger partial charge in [0, 0.05) is 13.8 Å². The quantitative estimate of drug-likeness (QED) is 0.337. The van der Waals surface area contributed by atoms with E-state index >= 15 is 0 Å². The number of hydrogen-bond acceptors (Lipinski definition) is 5. The van der Waals surface area contributed by atoms with Crippen LogP contribution in [0.5, 0.6) is 5.75 Å². The molecule has 0 fully saturated rings. The Morgan fingerprint density at radius 1 is 1.36 bits per heavy atom. The minimum absolute atomic E-state index is 0.273. The molecule has 22 heavy (non-hydrogen) atoms. The van der Waals surface area contributed by atoms with Crippen LogP contribution >= 0.6 is 34.4 Å². The second-order valence-corrected chi connectivity index (χ2v) is 6.49. The summed E-state index contributed by atoms with van der Waals surface area (Å²) in [7, 11) is 0. The van der Waals surface area contributed by atoms with Crippen molar-refractivity contribution in [2.24, 2.45) is 4.99 Å². The topological polar surface area (TPSA) is 84.8 Å². The van der Waals surface area contributed by atoms with Gasteiger partial charge in [0.15, 0.2) is 5.17 Å². The van der Waals surface area contributed by atoms with Crippen LogP contribution in [-0.2, 0) is 14.4 Å². The zero-order valence-corrected chi connectivity index (χ0v) is 14.6. The van der Waals surface area contributed by atoms with Crippen LogP contribution in [0.4, 0.5) is 0 Å². The fourth-order valence-electron chi connectivity index (χ4n) is 1.61. The summed E-state index contributed by atoms with van der Waals surface area (Å²) in [5, 5.41) is 2.76. The van der Waals surface area contributed by atoms with Crippen LogP contribution in [0.25, 0.3) is 6.08 Å².